The van der Waals surface area contributed by atoms with Crippen molar-refractivity contribution in [1.29, 1.82) is 0 Å². The molecule has 3 unspecified atom stereocenters. The quantitative estimate of drug-likeness (QED) is 0.868. The number of rotatable bonds is 5. The van der Waals surface area contributed by atoms with E-state index in [1.165, 1.54) is 0 Å². The van der Waals surface area contributed by atoms with Gasteiger partial charge in [0.25, 0.3) is 0 Å². The van der Waals surface area contributed by atoms with Crippen LogP contribution in [0, 0.1) is 5.92 Å². The molecule has 7 nitrogen and oxygen atoms in total. The molecular formula is C18H24N4O3. The normalized spacial score (nSPS) is 21.3. The van der Waals surface area contributed by atoms with Crippen LogP contribution in [0.1, 0.15) is 32.1 Å². The maximum Gasteiger partial charge on any atom is 0.317 e. The second-order valence-corrected chi connectivity index (χ2v) is 6.62. The second kappa shape index (κ2) is 7.65. The minimum absolute atomic E-state index is 0.00572. The first kappa shape index (κ1) is 17.4. The number of benzene rings is 1. The highest BCUT2D eigenvalue weighted by atomic mass is 16.5. The molecule has 2 heterocycles. The summed E-state index contributed by atoms with van der Waals surface area (Å²) in [7, 11) is 0. The van der Waals surface area contributed by atoms with Crippen molar-refractivity contribution < 1.29 is 14.4 Å². The molecule has 25 heavy (non-hydrogen) atoms. The van der Waals surface area contributed by atoms with Gasteiger partial charge in [-0.15, -0.1) is 0 Å². The molecule has 0 aliphatic carbocycles. The van der Waals surface area contributed by atoms with Crippen LogP contribution in [0.2, 0.25) is 0 Å². The van der Waals surface area contributed by atoms with Crippen LogP contribution >= 0.6 is 0 Å². The smallest absolute Gasteiger partial charge is 0.317 e. The lowest BCUT2D eigenvalue weighted by atomic mass is 10.0. The zero-order valence-electron chi connectivity index (χ0n) is 14.6. The molecule has 7 heteroatoms. The summed E-state index contributed by atoms with van der Waals surface area (Å²) in [5, 5.41) is 16.4. The number of carbonyl (C=O) groups is 1. The number of hydrogen-bond acceptors (Lipinski definition) is 5. The molecule has 2 aromatic rings. The average Bonchev–Trinajstić information content (AvgIpc) is 3.27. The van der Waals surface area contributed by atoms with E-state index in [9.17, 15) is 9.90 Å². The standard InChI is InChI=1S/C18H24N4O3/c1-12-8-9-22(15(12)11-23)18(24)19-10-13(2)17-20-16(21-25-17)14-6-4-3-5-7-14/h3-7,12-13,15,23H,8-11H2,1-2H3,(H,19,24). The Morgan fingerprint density at radius 1 is 1.44 bits per heavy atom. The van der Waals surface area contributed by atoms with Crippen LogP contribution in [0.4, 0.5) is 4.79 Å². The van der Waals surface area contributed by atoms with Gasteiger partial charge in [0.2, 0.25) is 11.7 Å². The van der Waals surface area contributed by atoms with Gasteiger partial charge in [0, 0.05) is 18.7 Å². The molecule has 1 saturated heterocycles. The van der Waals surface area contributed by atoms with Crippen molar-refractivity contribution in [3.63, 3.8) is 0 Å². The van der Waals surface area contributed by atoms with E-state index in [4.69, 9.17) is 4.52 Å². The van der Waals surface area contributed by atoms with Crippen molar-refractivity contribution in [2.24, 2.45) is 5.92 Å². The highest BCUT2D eigenvalue weighted by Crippen LogP contribution is 2.24. The number of likely N-dealkylation sites (tertiary alicyclic amines) is 1. The largest absolute Gasteiger partial charge is 0.394 e. The lowest BCUT2D eigenvalue weighted by molar-refractivity contribution is 0.143. The number of hydrogen-bond donors (Lipinski definition) is 2. The molecule has 1 aromatic heterocycles. The van der Waals surface area contributed by atoms with Crippen LogP contribution in [0.15, 0.2) is 34.9 Å². The van der Waals surface area contributed by atoms with Crippen LogP contribution in [0.3, 0.4) is 0 Å². The van der Waals surface area contributed by atoms with Crippen LogP contribution in [-0.2, 0) is 0 Å². The van der Waals surface area contributed by atoms with Crippen molar-refractivity contribution in [2.75, 3.05) is 19.7 Å². The van der Waals surface area contributed by atoms with Crippen molar-refractivity contribution in [3.8, 4) is 11.4 Å². The van der Waals surface area contributed by atoms with Gasteiger partial charge in [0.05, 0.1) is 18.6 Å². The third-order valence-electron chi connectivity index (χ3n) is 4.79. The summed E-state index contributed by atoms with van der Waals surface area (Å²) in [5.74, 6) is 1.26. The number of amides is 2. The molecule has 3 atom stereocenters. The average molecular weight is 344 g/mol. The highest BCUT2D eigenvalue weighted by molar-refractivity contribution is 5.75. The Hall–Kier alpha value is -2.41. The van der Waals surface area contributed by atoms with Gasteiger partial charge in [-0.25, -0.2) is 4.79 Å². The molecule has 1 fully saturated rings. The van der Waals surface area contributed by atoms with E-state index in [1.54, 1.807) is 4.90 Å². The number of aliphatic hydroxyl groups excluding tert-OH is 1. The number of aliphatic hydroxyl groups is 1. The topological polar surface area (TPSA) is 91.5 Å². The molecule has 0 radical (unpaired) electrons. The predicted octanol–water partition coefficient (Wildman–Crippen LogP) is 2.25. The number of aromatic nitrogens is 2. The number of nitrogens with one attached hydrogen (secondary N) is 1. The Kier molecular flexibility index (Phi) is 5.33. The van der Waals surface area contributed by atoms with E-state index in [0.29, 0.717) is 30.7 Å². The van der Waals surface area contributed by atoms with Gasteiger partial charge in [-0.2, -0.15) is 4.98 Å². The summed E-state index contributed by atoms with van der Waals surface area (Å²) in [6.07, 6.45) is 0.915. The van der Waals surface area contributed by atoms with Gasteiger partial charge in [-0.1, -0.05) is 49.3 Å². The second-order valence-electron chi connectivity index (χ2n) is 6.62. The fourth-order valence-corrected chi connectivity index (χ4v) is 3.11. The maximum absolute atomic E-state index is 12.4. The molecule has 1 aliphatic heterocycles. The first-order chi connectivity index (χ1) is 12.1. The van der Waals surface area contributed by atoms with E-state index < -0.39 is 0 Å². The predicted molar refractivity (Wildman–Crippen MR) is 92.9 cm³/mol. The Morgan fingerprint density at radius 2 is 2.20 bits per heavy atom. The molecule has 2 N–H and O–H groups in total. The summed E-state index contributed by atoms with van der Waals surface area (Å²) in [4.78, 5) is 18.5. The third kappa shape index (κ3) is 3.82. The van der Waals surface area contributed by atoms with Crippen LogP contribution in [-0.4, -0.2) is 51.9 Å². The molecule has 0 saturated carbocycles. The van der Waals surface area contributed by atoms with Gasteiger partial charge < -0.3 is 19.8 Å². The van der Waals surface area contributed by atoms with Gasteiger partial charge in [-0.3, -0.25) is 0 Å². The summed E-state index contributed by atoms with van der Waals surface area (Å²) in [6.45, 7) is 5.05. The van der Waals surface area contributed by atoms with Crippen LogP contribution in [0.5, 0.6) is 0 Å². The Balaban J connectivity index is 1.57. The molecule has 0 spiro atoms. The van der Waals surface area contributed by atoms with Crippen molar-refractivity contribution in [3.05, 3.63) is 36.2 Å². The van der Waals surface area contributed by atoms with E-state index in [1.807, 2.05) is 37.3 Å². The number of carbonyl (C=O) groups excluding carboxylic acids is 1. The third-order valence-corrected chi connectivity index (χ3v) is 4.79. The van der Waals surface area contributed by atoms with Crippen LogP contribution in [0.25, 0.3) is 11.4 Å². The van der Waals surface area contributed by atoms with Crippen LogP contribution < -0.4 is 5.32 Å². The fourth-order valence-electron chi connectivity index (χ4n) is 3.11. The highest BCUT2D eigenvalue weighted by Gasteiger charge is 2.33. The Labute approximate surface area is 147 Å². The SMILES string of the molecule is CC(CNC(=O)N1CCC(C)C1CO)c1nc(-c2ccccc2)no1. The zero-order chi connectivity index (χ0) is 17.8. The molecular weight excluding hydrogens is 320 g/mol. The number of urea groups is 1. The fraction of sp³-hybridized carbons (Fsp3) is 0.500. The lowest BCUT2D eigenvalue weighted by Crippen LogP contribution is -2.46. The van der Waals surface area contributed by atoms with E-state index in [0.717, 1.165) is 12.0 Å². The molecule has 134 valence electrons. The molecule has 1 aromatic carbocycles. The molecule has 0 bridgehead atoms. The van der Waals surface area contributed by atoms with Gasteiger partial charge in [-0.05, 0) is 12.3 Å². The Bertz CT molecular complexity index is 703. The monoisotopic (exact) mass is 344 g/mol. The van der Waals surface area contributed by atoms with Gasteiger partial charge in [0.15, 0.2) is 0 Å². The summed E-state index contributed by atoms with van der Waals surface area (Å²) < 4.78 is 5.33. The number of nitrogens with zero attached hydrogens (tertiary/aromatic N) is 3. The van der Waals surface area contributed by atoms with Crippen molar-refractivity contribution in [1.82, 2.24) is 20.4 Å². The summed E-state index contributed by atoms with van der Waals surface area (Å²) in [6, 6.07) is 9.35. The Morgan fingerprint density at radius 3 is 2.92 bits per heavy atom. The molecule has 3 rings (SSSR count). The van der Waals surface area contributed by atoms with Gasteiger partial charge in [0.1, 0.15) is 0 Å². The summed E-state index contributed by atoms with van der Waals surface area (Å²) in [5.41, 5.74) is 0.894. The zero-order valence-corrected chi connectivity index (χ0v) is 14.6. The lowest BCUT2D eigenvalue weighted by Gasteiger charge is -2.25. The first-order valence-corrected chi connectivity index (χ1v) is 8.64. The van der Waals surface area contributed by atoms with Crippen molar-refractivity contribution >= 4 is 6.03 Å². The van der Waals surface area contributed by atoms with E-state index in [2.05, 4.69) is 22.4 Å². The maximum atomic E-state index is 12.4. The molecule has 1 aliphatic rings. The van der Waals surface area contributed by atoms with Gasteiger partial charge >= 0.3 is 6.03 Å². The minimum atomic E-state index is -0.155. The van der Waals surface area contributed by atoms with E-state index >= 15 is 0 Å². The first-order valence-electron chi connectivity index (χ1n) is 8.64. The van der Waals surface area contributed by atoms with E-state index in [-0.39, 0.29) is 24.6 Å². The molecule has 2 amide bonds. The van der Waals surface area contributed by atoms with Crippen molar-refractivity contribution in [2.45, 2.75) is 32.2 Å². The minimum Gasteiger partial charge on any atom is -0.394 e. The summed E-state index contributed by atoms with van der Waals surface area (Å²) >= 11 is 0.